The number of rotatable bonds is 11. The van der Waals surface area contributed by atoms with Crippen LogP contribution in [-0.2, 0) is 19.1 Å². The third-order valence-electron chi connectivity index (χ3n) is 7.96. The summed E-state index contributed by atoms with van der Waals surface area (Å²) in [5, 5.41) is 9.99. The molecule has 8 nitrogen and oxygen atoms in total. The van der Waals surface area contributed by atoms with Crippen molar-refractivity contribution in [3.8, 4) is 5.75 Å². The second-order valence-corrected chi connectivity index (χ2v) is 11.6. The van der Waals surface area contributed by atoms with Crippen LogP contribution >= 0.6 is 11.8 Å². The molecule has 37 heavy (non-hydrogen) atoms. The van der Waals surface area contributed by atoms with Crippen LogP contribution in [0.2, 0.25) is 0 Å². The Bertz CT molecular complexity index is 1060. The van der Waals surface area contributed by atoms with Crippen LogP contribution in [0.15, 0.2) is 49.6 Å². The molecule has 3 unspecified atom stereocenters. The summed E-state index contributed by atoms with van der Waals surface area (Å²) in [4.78, 5) is 44.9. The van der Waals surface area contributed by atoms with E-state index in [0.717, 1.165) is 0 Å². The Morgan fingerprint density at radius 3 is 2.59 bits per heavy atom. The Hall–Kier alpha value is -2.78. The number of thioether (sulfide) groups is 1. The number of carbonyl (C=O) groups excluding carboxylic acids is 3. The zero-order valence-corrected chi connectivity index (χ0v) is 22.5. The van der Waals surface area contributed by atoms with Crippen molar-refractivity contribution in [1.82, 2.24) is 4.90 Å². The van der Waals surface area contributed by atoms with Crippen molar-refractivity contribution in [2.24, 2.45) is 17.8 Å². The van der Waals surface area contributed by atoms with Crippen LogP contribution in [0, 0.1) is 17.8 Å². The number of benzene rings is 1. The van der Waals surface area contributed by atoms with Gasteiger partial charge in [0.05, 0.1) is 42.9 Å². The molecule has 0 radical (unpaired) electrons. The molecule has 9 heteroatoms. The Labute approximate surface area is 222 Å². The van der Waals surface area contributed by atoms with Crippen LogP contribution in [0.25, 0.3) is 0 Å². The summed E-state index contributed by atoms with van der Waals surface area (Å²) < 4.78 is 10.0. The molecule has 1 aromatic carbocycles. The van der Waals surface area contributed by atoms with Crippen molar-refractivity contribution in [2.75, 3.05) is 31.8 Å². The van der Waals surface area contributed by atoms with Crippen LogP contribution in [0.4, 0.5) is 5.69 Å². The molecular formula is C28H36N2O6S. The summed E-state index contributed by atoms with van der Waals surface area (Å²) >= 11 is 1.58. The summed E-state index contributed by atoms with van der Waals surface area (Å²) in [6.45, 7) is 11.5. The highest BCUT2D eigenvalue weighted by molar-refractivity contribution is 8.02. The number of aliphatic hydroxyl groups excluding tert-OH is 1. The number of carbonyl (C=O) groups is 3. The van der Waals surface area contributed by atoms with Gasteiger partial charge in [0.15, 0.2) is 0 Å². The molecule has 3 saturated heterocycles. The lowest BCUT2D eigenvalue weighted by atomic mass is 9.66. The molecule has 3 aliphatic heterocycles. The highest BCUT2D eigenvalue weighted by Gasteiger charge is 2.77. The van der Waals surface area contributed by atoms with E-state index in [1.54, 1.807) is 67.1 Å². The number of amides is 2. The molecule has 4 rings (SSSR count). The van der Waals surface area contributed by atoms with Crippen molar-refractivity contribution >= 4 is 35.2 Å². The van der Waals surface area contributed by atoms with Gasteiger partial charge in [0.1, 0.15) is 11.8 Å². The van der Waals surface area contributed by atoms with Gasteiger partial charge in [-0.25, -0.2) is 0 Å². The molecule has 2 bridgehead atoms. The van der Waals surface area contributed by atoms with Crippen LogP contribution in [0.3, 0.4) is 0 Å². The monoisotopic (exact) mass is 528 g/mol. The fourth-order valence-corrected chi connectivity index (χ4v) is 8.66. The normalized spacial score (nSPS) is 30.5. The molecule has 3 heterocycles. The first kappa shape index (κ1) is 27.3. The predicted octanol–water partition coefficient (Wildman–Crippen LogP) is 3.05. The van der Waals surface area contributed by atoms with E-state index >= 15 is 0 Å². The van der Waals surface area contributed by atoms with Gasteiger partial charge in [-0.2, -0.15) is 0 Å². The fraction of sp³-hybridized carbons (Fsp3) is 0.536. The van der Waals surface area contributed by atoms with Crippen molar-refractivity contribution in [2.45, 2.75) is 48.8 Å². The number of aliphatic hydroxyl groups is 1. The van der Waals surface area contributed by atoms with Gasteiger partial charge in [-0.3, -0.25) is 14.4 Å². The lowest BCUT2D eigenvalue weighted by Gasteiger charge is -2.41. The number of ether oxygens (including phenoxy) is 2. The first-order chi connectivity index (χ1) is 17.8. The average molecular weight is 529 g/mol. The second-order valence-electron chi connectivity index (χ2n) is 10.0. The SMILES string of the molecule is C=CCCOC(=O)[C@@H]1[C@H]2C(=O)N([C@H](C)CO)C(C(=O)N(CC=C)c3ccc(OC)cc3)C23S[C@@H]1CC3C. The van der Waals surface area contributed by atoms with E-state index in [0.29, 0.717) is 24.3 Å². The Morgan fingerprint density at radius 2 is 2.00 bits per heavy atom. The van der Waals surface area contributed by atoms with Gasteiger partial charge >= 0.3 is 5.97 Å². The summed E-state index contributed by atoms with van der Waals surface area (Å²) in [7, 11) is 1.58. The van der Waals surface area contributed by atoms with Crippen LogP contribution in [0.5, 0.6) is 5.75 Å². The lowest BCUT2D eigenvalue weighted by Crippen LogP contribution is -2.59. The van der Waals surface area contributed by atoms with Crippen molar-refractivity contribution in [3.05, 3.63) is 49.6 Å². The first-order valence-corrected chi connectivity index (χ1v) is 13.6. The van der Waals surface area contributed by atoms with Gasteiger partial charge in [0, 0.05) is 17.5 Å². The van der Waals surface area contributed by atoms with E-state index in [2.05, 4.69) is 20.1 Å². The zero-order valence-electron chi connectivity index (χ0n) is 21.7. The van der Waals surface area contributed by atoms with E-state index < -0.39 is 34.6 Å². The van der Waals surface area contributed by atoms with Crippen LogP contribution in [0.1, 0.15) is 26.7 Å². The molecule has 0 aliphatic carbocycles. The number of fused-ring (bicyclic) bond motifs is 1. The van der Waals surface area contributed by atoms with Gasteiger partial charge in [-0.1, -0.05) is 19.1 Å². The highest BCUT2D eigenvalue weighted by atomic mass is 32.2. The zero-order chi connectivity index (χ0) is 26.9. The maximum atomic E-state index is 14.5. The first-order valence-electron chi connectivity index (χ1n) is 12.7. The quantitative estimate of drug-likeness (QED) is 0.268. The molecule has 0 saturated carbocycles. The van der Waals surface area contributed by atoms with Crippen molar-refractivity contribution in [3.63, 3.8) is 0 Å². The molecular weight excluding hydrogens is 492 g/mol. The molecule has 1 N–H and O–H groups in total. The van der Waals surface area contributed by atoms with Crippen LogP contribution < -0.4 is 9.64 Å². The van der Waals surface area contributed by atoms with E-state index in [-0.39, 0.29) is 42.7 Å². The molecule has 0 aromatic heterocycles. The topological polar surface area (TPSA) is 96.4 Å². The second kappa shape index (κ2) is 10.9. The number of anilines is 1. The number of hydrogen-bond donors (Lipinski definition) is 1. The third-order valence-corrected chi connectivity index (χ3v) is 10.0. The van der Waals surface area contributed by atoms with E-state index in [9.17, 15) is 19.5 Å². The lowest BCUT2D eigenvalue weighted by molar-refractivity contribution is -0.154. The Balaban J connectivity index is 1.77. The van der Waals surface area contributed by atoms with Gasteiger partial charge in [-0.05, 0) is 49.9 Å². The van der Waals surface area contributed by atoms with E-state index in [4.69, 9.17) is 9.47 Å². The molecule has 1 aromatic rings. The number of likely N-dealkylation sites (tertiary alicyclic amines) is 1. The van der Waals surface area contributed by atoms with Crippen molar-refractivity contribution in [1.29, 1.82) is 0 Å². The minimum absolute atomic E-state index is 0.0139. The number of nitrogens with zero attached hydrogens (tertiary/aromatic N) is 2. The standard InChI is InChI=1S/C28H36N2O6S/c1-6-8-14-36-27(34)22-21-15-17(3)28(37-21)23(22)25(32)30(18(4)16-31)24(28)26(33)29(13-7-2)19-9-11-20(35-5)12-10-19/h6-7,9-12,17-18,21-24,31H,1-2,8,13-16H2,3-5H3/t17?,18-,21-,22+,23+,24?,28?/m1/s1. The predicted molar refractivity (Wildman–Crippen MR) is 143 cm³/mol. The molecule has 1 spiro atoms. The minimum atomic E-state index is -0.842. The average Bonchev–Trinajstić information content (AvgIpc) is 3.50. The molecule has 7 atom stereocenters. The molecule has 200 valence electrons. The maximum Gasteiger partial charge on any atom is 0.310 e. The van der Waals surface area contributed by atoms with Gasteiger partial charge < -0.3 is 24.4 Å². The summed E-state index contributed by atoms with van der Waals surface area (Å²) in [5.41, 5.74) is 0.653. The third kappa shape index (κ3) is 4.36. The molecule has 3 aliphatic rings. The van der Waals surface area contributed by atoms with Crippen molar-refractivity contribution < 1.29 is 29.0 Å². The smallest absolute Gasteiger partial charge is 0.310 e. The van der Waals surface area contributed by atoms with E-state index in [1.807, 2.05) is 0 Å². The number of methoxy groups -OCH3 is 1. The summed E-state index contributed by atoms with van der Waals surface area (Å²) in [6.07, 6.45) is 4.57. The highest BCUT2D eigenvalue weighted by Crippen LogP contribution is 2.69. The van der Waals surface area contributed by atoms with Crippen LogP contribution in [-0.4, -0.2) is 76.7 Å². The van der Waals surface area contributed by atoms with E-state index in [1.165, 1.54) is 4.90 Å². The fourth-order valence-electron chi connectivity index (χ4n) is 6.27. The Kier molecular flexibility index (Phi) is 8.04. The van der Waals surface area contributed by atoms with Gasteiger partial charge in [0.25, 0.3) is 5.91 Å². The molecule has 2 amide bonds. The summed E-state index contributed by atoms with van der Waals surface area (Å²) in [6, 6.07) is 5.73. The maximum absolute atomic E-state index is 14.5. The Morgan fingerprint density at radius 1 is 1.30 bits per heavy atom. The minimum Gasteiger partial charge on any atom is -0.497 e. The van der Waals surface area contributed by atoms with Gasteiger partial charge in [-0.15, -0.1) is 24.9 Å². The van der Waals surface area contributed by atoms with Gasteiger partial charge in [0.2, 0.25) is 5.91 Å². The molecule has 3 fully saturated rings. The number of esters is 1. The number of hydrogen-bond acceptors (Lipinski definition) is 7. The largest absolute Gasteiger partial charge is 0.497 e. The summed E-state index contributed by atoms with van der Waals surface area (Å²) in [5.74, 6) is -1.54.